The van der Waals surface area contributed by atoms with Crippen LogP contribution in [-0.4, -0.2) is 40.0 Å². The van der Waals surface area contributed by atoms with Gasteiger partial charge in [0.05, 0.1) is 11.6 Å². The third-order valence-corrected chi connectivity index (χ3v) is 5.12. The molecule has 1 aromatic heterocycles. The van der Waals surface area contributed by atoms with Crippen LogP contribution in [0, 0.1) is 11.2 Å². The molecule has 120 valence electrons. The minimum Gasteiger partial charge on any atom is -0.481 e. The summed E-state index contributed by atoms with van der Waals surface area (Å²) in [5.74, 6) is -1.54. The lowest BCUT2D eigenvalue weighted by atomic mass is 9.90. The van der Waals surface area contributed by atoms with Gasteiger partial charge in [-0.05, 0) is 25.5 Å². The predicted octanol–water partition coefficient (Wildman–Crippen LogP) is 2.89. The van der Waals surface area contributed by atoms with E-state index in [0.717, 1.165) is 11.3 Å². The molecule has 0 bridgehead atoms. The van der Waals surface area contributed by atoms with Crippen LogP contribution in [0.4, 0.5) is 4.39 Å². The minimum absolute atomic E-state index is 0.175. The van der Waals surface area contributed by atoms with Crippen LogP contribution in [0.5, 0.6) is 0 Å². The van der Waals surface area contributed by atoms with E-state index in [1.54, 1.807) is 25.1 Å². The molecule has 1 unspecified atom stereocenters. The summed E-state index contributed by atoms with van der Waals surface area (Å²) in [7, 11) is 0. The summed E-state index contributed by atoms with van der Waals surface area (Å²) in [5.41, 5.74) is -0.553. The van der Waals surface area contributed by atoms with Crippen LogP contribution in [0.15, 0.2) is 30.5 Å². The maximum atomic E-state index is 13.8. The predicted molar refractivity (Wildman–Crippen MR) is 83.8 cm³/mol. The first-order valence-electron chi connectivity index (χ1n) is 7.14. The number of carboxylic acids is 1. The molecular weight excluding hydrogens is 319 g/mol. The van der Waals surface area contributed by atoms with Crippen LogP contribution in [0.25, 0.3) is 10.6 Å². The molecule has 1 amide bonds. The quantitative estimate of drug-likeness (QED) is 0.937. The maximum Gasteiger partial charge on any atom is 0.311 e. The lowest BCUT2D eigenvalue weighted by Crippen LogP contribution is -2.34. The molecule has 2 aromatic rings. The van der Waals surface area contributed by atoms with E-state index in [0.29, 0.717) is 28.4 Å². The van der Waals surface area contributed by atoms with Crippen molar-refractivity contribution in [3.05, 3.63) is 41.2 Å². The molecule has 0 aliphatic carbocycles. The fourth-order valence-electron chi connectivity index (χ4n) is 2.60. The van der Waals surface area contributed by atoms with E-state index >= 15 is 0 Å². The second-order valence-electron chi connectivity index (χ2n) is 5.85. The van der Waals surface area contributed by atoms with E-state index in [2.05, 4.69) is 4.98 Å². The summed E-state index contributed by atoms with van der Waals surface area (Å²) in [4.78, 5) is 29.8. The summed E-state index contributed by atoms with van der Waals surface area (Å²) in [6, 6.07) is 6.26. The summed E-state index contributed by atoms with van der Waals surface area (Å²) >= 11 is 1.11. The molecule has 3 rings (SSSR count). The normalized spacial score (nSPS) is 20.7. The molecule has 1 aliphatic heterocycles. The number of benzene rings is 1. The van der Waals surface area contributed by atoms with E-state index < -0.39 is 11.4 Å². The molecule has 7 heteroatoms. The number of hydrogen-bond donors (Lipinski definition) is 1. The summed E-state index contributed by atoms with van der Waals surface area (Å²) in [5, 5.41) is 9.67. The van der Waals surface area contributed by atoms with Gasteiger partial charge < -0.3 is 10.0 Å². The standard InChI is InChI=1S/C16H15FN2O3S/c1-16(15(21)22)6-7-19(9-16)14(20)12-8-18-13(23-12)10-4-2-3-5-11(10)17/h2-5,8H,6-7,9H2,1H3,(H,21,22). The number of rotatable bonds is 3. The Bertz CT molecular complexity index is 776. The van der Waals surface area contributed by atoms with Gasteiger partial charge in [-0.2, -0.15) is 0 Å². The zero-order valence-corrected chi connectivity index (χ0v) is 13.3. The maximum absolute atomic E-state index is 13.8. The van der Waals surface area contributed by atoms with Gasteiger partial charge in [0, 0.05) is 18.7 Å². The number of carboxylic acid groups (broad SMARTS) is 1. The molecule has 2 heterocycles. The van der Waals surface area contributed by atoms with Crippen molar-refractivity contribution < 1.29 is 19.1 Å². The molecular formula is C16H15FN2O3S. The van der Waals surface area contributed by atoms with Crippen molar-refractivity contribution in [2.24, 2.45) is 5.41 Å². The Balaban J connectivity index is 1.80. The Morgan fingerprint density at radius 2 is 2.13 bits per heavy atom. The van der Waals surface area contributed by atoms with Crippen molar-refractivity contribution in [1.29, 1.82) is 0 Å². The van der Waals surface area contributed by atoms with Gasteiger partial charge in [-0.25, -0.2) is 9.37 Å². The SMILES string of the molecule is CC1(C(=O)O)CCN(C(=O)c2cnc(-c3ccccc3F)s2)C1. The Morgan fingerprint density at radius 3 is 2.78 bits per heavy atom. The Morgan fingerprint density at radius 1 is 1.39 bits per heavy atom. The van der Waals surface area contributed by atoms with Gasteiger partial charge in [0.15, 0.2) is 0 Å². The number of carbonyl (C=O) groups excluding carboxylic acids is 1. The van der Waals surface area contributed by atoms with Crippen molar-refractivity contribution in [1.82, 2.24) is 9.88 Å². The van der Waals surface area contributed by atoms with Gasteiger partial charge in [-0.1, -0.05) is 12.1 Å². The number of halogens is 1. The van der Waals surface area contributed by atoms with Gasteiger partial charge in [-0.15, -0.1) is 11.3 Å². The van der Waals surface area contributed by atoms with Crippen molar-refractivity contribution in [2.75, 3.05) is 13.1 Å². The number of amides is 1. The number of nitrogens with zero attached hydrogens (tertiary/aromatic N) is 2. The fourth-order valence-corrected chi connectivity index (χ4v) is 3.51. The zero-order valence-electron chi connectivity index (χ0n) is 12.5. The van der Waals surface area contributed by atoms with Crippen LogP contribution in [-0.2, 0) is 4.79 Å². The smallest absolute Gasteiger partial charge is 0.311 e. The highest BCUT2D eigenvalue weighted by molar-refractivity contribution is 7.16. The molecule has 1 fully saturated rings. The minimum atomic E-state index is -0.908. The lowest BCUT2D eigenvalue weighted by molar-refractivity contribution is -0.147. The third-order valence-electron chi connectivity index (χ3n) is 4.10. The number of aliphatic carboxylic acids is 1. The first-order valence-corrected chi connectivity index (χ1v) is 7.96. The summed E-state index contributed by atoms with van der Waals surface area (Å²) in [6.07, 6.45) is 1.85. The molecule has 23 heavy (non-hydrogen) atoms. The van der Waals surface area contributed by atoms with Crippen LogP contribution in [0.2, 0.25) is 0 Å². The van der Waals surface area contributed by atoms with Gasteiger partial charge >= 0.3 is 5.97 Å². The molecule has 5 nitrogen and oxygen atoms in total. The number of thiazole rings is 1. The summed E-state index contributed by atoms with van der Waals surface area (Å²) in [6.45, 7) is 2.21. The largest absolute Gasteiger partial charge is 0.481 e. The molecule has 0 saturated carbocycles. The lowest BCUT2D eigenvalue weighted by Gasteiger charge is -2.19. The monoisotopic (exact) mass is 334 g/mol. The zero-order chi connectivity index (χ0) is 16.6. The van der Waals surface area contributed by atoms with Gasteiger partial charge in [-0.3, -0.25) is 9.59 Å². The van der Waals surface area contributed by atoms with Crippen molar-refractivity contribution in [2.45, 2.75) is 13.3 Å². The molecule has 1 aliphatic rings. The summed E-state index contributed by atoms with van der Waals surface area (Å²) < 4.78 is 13.8. The average molecular weight is 334 g/mol. The van der Waals surface area contributed by atoms with E-state index in [1.807, 2.05) is 0 Å². The average Bonchev–Trinajstić information content (AvgIpc) is 3.15. The van der Waals surface area contributed by atoms with Crippen molar-refractivity contribution in [3.8, 4) is 10.6 Å². The van der Waals surface area contributed by atoms with Crippen molar-refractivity contribution in [3.63, 3.8) is 0 Å². The Hall–Kier alpha value is -2.28. The van der Waals surface area contributed by atoms with E-state index in [-0.39, 0.29) is 18.3 Å². The number of hydrogen-bond acceptors (Lipinski definition) is 4. The molecule has 1 N–H and O–H groups in total. The second kappa shape index (κ2) is 5.73. The first kappa shape index (κ1) is 15.6. The van der Waals surface area contributed by atoms with Gasteiger partial charge in [0.25, 0.3) is 5.91 Å². The van der Waals surface area contributed by atoms with E-state index in [1.165, 1.54) is 17.2 Å². The highest BCUT2D eigenvalue weighted by Crippen LogP contribution is 2.33. The number of aromatic nitrogens is 1. The van der Waals surface area contributed by atoms with Crippen molar-refractivity contribution >= 4 is 23.2 Å². The van der Waals surface area contributed by atoms with Crippen LogP contribution in [0.3, 0.4) is 0 Å². The van der Waals surface area contributed by atoms with Crippen LogP contribution >= 0.6 is 11.3 Å². The highest BCUT2D eigenvalue weighted by Gasteiger charge is 2.42. The Labute approximate surface area is 136 Å². The first-order chi connectivity index (χ1) is 10.9. The second-order valence-corrected chi connectivity index (χ2v) is 6.88. The van der Waals surface area contributed by atoms with Crippen LogP contribution in [0.1, 0.15) is 23.0 Å². The van der Waals surface area contributed by atoms with E-state index in [9.17, 15) is 19.1 Å². The topological polar surface area (TPSA) is 70.5 Å². The van der Waals surface area contributed by atoms with Crippen LogP contribution < -0.4 is 0 Å². The van der Waals surface area contributed by atoms with Gasteiger partial charge in [0.2, 0.25) is 0 Å². The third kappa shape index (κ3) is 2.84. The molecule has 0 spiro atoms. The molecule has 1 aromatic carbocycles. The van der Waals surface area contributed by atoms with E-state index in [4.69, 9.17) is 0 Å². The molecule has 1 saturated heterocycles. The highest BCUT2D eigenvalue weighted by atomic mass is 32.1. The Kier molecular flexibility index (Phi) is 3.89. The number of carbonyl (C=O) groups is 2. The number of likely N-dealkylation sites (tertiary alicyclic amines) is 1. The van der Waals surface area contributed by atoms with Gasteiger partial charge in [0.1, 0.15) is 15.7 Å². The molecule has 0 radical (unpaired) electrons. The molecule has 1 atom stereocenters. The fraction of sp³-hybridized carbons (Fsp3) is 0.312.